The number of rotatable bonds is 2. The summed E-state index contributed by atoms with van der Waals surface area (Å²) in [6.07, 6.45) is 0. The molecule has 0 bridgehead atoms. The highest BCUT2D eigenvalue weighted by atomic mass is 127. The van der Waals surface area contributed by atoms with Gasteiger partial charge >= 0.3 is 0 Å². The first kappa shape index (κ1) is 15.5. The van der Waals surface area contributed by atoms with E-state index in [2.05, 4.69) is 20.9 Å². The fourth-order valence-electron chi connectivity index (χ4n) is 2.14. The topological polar surface area (TPSA) is 17.8 Å². The van der Waals surface area contributed by atoms with Crippen molar-refractivity contribution in [2.45, 2.75) is 5.88 Å². The summed E-state index contributed by atoms with van der Waals surface area (Å²) in [5.74, 6) is 0.528. The highest BCUT2D eigenvalue weighted by Crippen LogP contribution is 2.31. The summed E-state index contributed by atoms with van der Waals surface area (Å²) in [5.41, 5.74) is 2.04. The molecule has 0 aliphatic carbocycles. The molecule has 0 amide bonds. The van der Waals surface area contributed by atoms with Crippen molar-refractivity contribution in [3.63, 3.8) is 0 Å². The van der Waals surface area contributed by atoms with Crippen molar-refractivity contribution in [3.8, 4) is 5.69 Å². The van der Waals surface area contributed by atoms with Gasteiger partial charge in [0.2, 0.25) is 0 Å². The molecule has 0 N–H and O–H groups in total. The Morgan fingerprint density at radius 2 is 2.05 bits per heavy atom. The van der Waals surface area contributed by atoms with Crippen LogP contribution < -0.4 is 0 Å². The molecule has 21 heavy (non-hydrogen) atoms. The van der Waals surface area contributed by atoms with Crippen LogP contribution in [-0.4, -0.2) is 9.55 Å². The summed E-state index contributed by atoms with van der Waals surface area (Å²) in [6.45, 7) is 0. The molecule has 0 spiro atoms. The Balaban J connectivity index is 2.40. The maximum absolute atomic E-state index is 13.9. The Kier molecular flexibility index (Phi) is 4.45. The zero-order chi connectivity index (χ0) is 15.1. The predicted octanol–water partition coefficient (Wildman–Crippen LogP) is 5.92. The minimum Gasteiger partial charge on any atom is -0.294 e. The number of nitrogens with zero attached hydrogens (tertiary/aromatic N) is 2. The molecule has 2 aromatic carbocycles. The van der Waals surface area contributed by atoms with E-state index >= 15 is 0 Å². The zero-order valence-corrected chi connectivity index (χ0v) is 15.6. The number of halogens is 5. The summed E-state index contributed by atoms with van der Waals surface area (Å²) in [6, 6.07) is 8.62. The second-order valence-corrected chi connectivity index (χ2v) is 7.10. The molecule has 108 valence electrons. The van der Waals surface area contributed by atoms with Gasteiger partial charge in [-0.2, -0.15) is 0 Å². The number of benzene rings is 2. The van der Waals surface area contributed by atoms with E-state index in [1.165, 1.54) is 6.07 Å². The van der Waals surface area contributed by atoms with E-state index in [1.54, 1.807) is 16.7 Å². The van der Waals surface area contributed by atoms with Crippen molar-refractivity contribution < 1.29 is 4.39 Å². The minimum absolute atomic E-state index is 0.204. The second kappa shape index (κ2) is 6.02. The smallest absolute Gasteiger partial charge is 0.138 e. The first-order chi connectivity index (χ1) is 10.0. The van der Waals surface area contributed by atoms with E-state index in [-0.39, 0.29) is 11.7 Å². The van der Waals surface area contributed by atoms with Crippen LogP contribution in [0.25, 0.3) is 16.7 Å². The van der Waals surface area contributed by atoms with E-state index in [0.29, 0.717) is 31.1 Å². The molecule has 0 atom stereocenters. The second-order valence-electron chi connectivity index (χ2n) is 4.35. The van der Waals surface area contributed by atoms with Gasteiger partial charge in [0.05, 0.1) is 31.2 Å². The zero-order valence-electron chi connectivity index (χ0n) is 10.4. The molecule has 0 fully saturated rings. The Bertz CT molecular complexity index is 851. The number of hydrogen-bond acceptors (Lipinski definition) is 1. The van der Waals surface area contributed by atoms with Crippen LogP contribution in [0.1, 0.15) is 5.82 Å². The fraction of sp³-hybridized carbons (Fsp3) is 0.0714. The van der Waals surface area contributed by atoms with Gasteiger partial charge in [-0.15, -0.1) is 11.6 Å². The average molecular weight is 500 g/mol. The van der Waals surface area contributed by atoms with Gasteiger partial charge in [-0.05, 0) is 46.9 Å². The number of aromatic nitrogens is 2. The molecule has 0 aliphatic rings. The lowest BCUT2D eigenvalue weighted by Crippen LogP contribution is -2.00. The molecule has 1 heterocycles. The SMILES string of the molecule is Fc1cc2c(cc1I)nc(CCl)n2-c1cc(Br)ccc1Cl. The number of alkyl halides is 1. The van der Waals surface area contributed by atoms with E-state index in [4.69, 9.17) is 23.2 Å². The Morgan fingerprint density at radius 3 is 2.76 bits per heavy atom. The molecule has 0 radical (unpaired) electrons. The van der Waals surface area contributed by atoms with Crippen LogP contribution >= 0.6 is 61.7 Å². The van der Waals surface area contributed by atoms with Gasteiger partial charge in [-0.3, -0.25) is 4.57 Å². The third-order valence-electron chi connectivity index (χ3n) is 3.03. The lowest BCUT2D eigenvalue weighted by atomic mass is 10.2. The third kappa shape index (κ3) is 2.81. The fourth-order valence-corrected chi connectivity index (χ4v) is 3.32. The van der Waals surface area contributed by atoms with Gasteiger partial charge in [-0.1, -0.05) is 27.5 Å². The molecular formula is C14H7BrCl2FIN2. The monoisotopic (exact) mass is 498 g/mol. The van der Waals surface area contributed by atoms with Crippen LogP contribution in [0.5, 0.6) is 0 Å². The molecule has 0 saturated heterocycles. The van der Waals surface area contributed by atoms with Crippen LogP contribution in [0, 0.1) is 9.39 Å². The molecule has 3 rings (SSSR count). The normalized spacial score (nSPS) is 11.3. The summed E-state index contributed by atoms with van der Waals surface area (Å²) >= 11 is 17.6. The molecule has 7 heteroatoms. The molecular weight excluding hydrogens is 493 g/mol. The highest BCUT2D eigenvalue weighted by Gasteiger charge is 2.16. The largest absolute Gasteiger partial charge is 0.294 e. The van der Waals surface area contributed by atoms with Crippen LogP contribution in [0.2, 0.25) is 5.02 Å². The van der Waals surface area contributed by atoms with Crippen molar-refractivity contribution in [2.75, 3.05) is 0 Å². The minimum atomic E-state index is -0.295. The summed E-state index contributed by atoms with van der Waals surface area (Å²) in [4.78, 5) is 4.47. The lowest BCUT2D eigenvalue weighted by Gasteiger charge is -2.10. The van der Waals surface area contributed by atoms with E-state index < -0.39 is 0 Å². The molecule has 0 aliphatic heterocycles. The lowest BCUT2D eigenvalue weighted by molar-refractivity contribution is 0.622. The first-order valence-corrected chi connectivity index (χ1v) is 8.67. The number of fused-ring (bicyclic) bond motifs is 1. The van der Waals surface area contributed by atoms with Gasteiger partial charge in [0, 0.05) is 10.5 Å². The van der Waals surface area contributed by atoms with Crippen LogP contribution in [-0.2, 0) is 5.88 Å². The van der Waals surface area contributed by atoms with E-state index in [1.807, 2.05) is 34.7 Å². The molecule has 3 aromatic rings. The van der Waals surface area contributed by atoms with Crippen molar-refractivity contribution in [1.82, 2.24) is 9.55 Å². The Hall–Kier alpha value is -0.370. The number of imidazole rings is 1. The summed E-state index contributed by atoms with van der Waals surface area (Å²) < 4.78 is 17.1. The molecule has 2 nitrogen and oxygen atoms in total. The number of hydrogen-bond donors (Lipinski definition) is 0. The molecule has 0 saturated carbocycles. The highest BCUT2D eigenvalue weighted by molar-refractivity contribution is 14.1. The predicted molar refractivity (Wildman–Crippen MR) is 96.0 cm³/mol. The van der Waals surface area contributed by atoms with Gasteiger partial charge in [-0.25, -0.2) is 9.37 Å². The van der Waals surface area contributed by atoms with Crippen LogP contribution in [0.3, 0.4) is 0 Å². The van der Waals surface area contributed by atoms with Crippen molar-refractivity contribution in [1.29, 1.82) is 0 Å². The third-order valence-corrected chi connectivity index (χ3v) is 4.91. The van der Waals surface area contributed by atoms with E-state index in [0.717, 1.165) is 4.47 Å². The van der Waals surface area contributed by atoms with Crippen LogP contribution in [0.4, 0.5) is 4.39 Å². The van der Waals surface area contributed by atoms with Gasteiger partial charge in [0.15, 0.2) is 0 Å². The van der Waals surface area contributed by atoms with Gasteiger partial charge in [0.25, 0.3) is 0 Å². The maximum Gasteiger partial charge on any atom is 0.138 e. The summed E-state index contributed by atoms with van der Waals surface area (Å²) in [7, 11) is 0. The molecule has 0 unspecified atom stereocenters. The van der Waals surface area contributed by atoms with Crippen molar-refractivity contribution >= 4 is 72.8 Å². The van der Waals surface area contributed by atoms with Crippen molar-refractivity contribution in [2.24, 2.45) is 0 Å². The van der Waals surface area contributed by atoms with Gasteiger partial charge < -0.3 is 0 Å². The maximum atomic E-state index is 13.9. The van der Waals surface area contributed by atoms with E-state index in [9.17, 15) is 4.39 Å². The van der Waals surface area contributed by atoms with Gasteiger partial charge in [0.1, 0.15) is 11.6 Å². The Labute approximate surface area is 152 Å². The Morgan fingerprint density at radius 1 is 1.29 bits per heavy atom. The van der Waals surface area contributed by atoms with Crippen LogP contribution in [0.15, 0.2) is 34.8 Å². The standard InChI is InChI=1S/C14H7BrCl2FIN2/c15-7-1-2-8(17)12(3-7)21-13-4-9(18)10(19)5-11(13)20-14(21)6-16/h1-5H,6H2. The molecule has 1 aromatic heterocycles. The quantitative estimate of drug-likeness (QED) is 0.316. The summed E-state index contributed by atoms with van der Waals surface area (Å²) in [5, 5.41) is 0.544. The first-order valence-electron chi connectivity index (χ1n) is 5.89. The van der Waals surface area contributed by atoms with Crippen molar-refractivity contribution in [3.05, 3.63) is 55.0 Å². The average Bonchev–Trinajstić information content (AvgIpc) is 2.79.